The van der Waals surface area contributed by atoms with Gasteiger partial charge in [0.25, 0.3) is 0 Å². The zero-order valence-electron chi connectivity index (χ0n) is 28.0. The van der Waals surface area contributed by atoms with Gasteiger partial charge >= 0.3 is 6.18 Å². The molecule has 1 atom stereocenters. The number of amides is 2. The van der Waals surface area contributed by atoms with Gasteiger partial charge in [-0.15, -0.1) is 0 Å². The molecule has 7 nitrogen and oxygen atoms in total. The Morgan fingerprint density at radius 1 is 0.745 bits per heavy atom. The highest BCUT2D eigenvalue weighted by molar-refractivity contribution is 5.95. The molecule has 2 amide bonds. The van der Waals surface area contributed by atoms with Crippen molar-refractivity contribution >= 4 is 17.9 Å². The molecule has 0 saturated carbocycles. The van der Waals surface area contributed by atoms with Crippen LogP contribution in [0.5, 0.6) is 0 Å². The van der Waals surface area contributed by atoms with E-state index in [0.29, 0.717) is 31.7 Å². The molecule has 3 heterocycles. The van der Waals surface area contributed by atoms with E-state index < -0.39 is 23.8 Å². The van der Waals surface area contributed by atoms with Crippen LogP contribution in [0.15, 0.2) is 134 Å². The van der Waals surface area contributed by atoms with E-state index >= 15 is 0 Å². The molecule has 0 unspecified atom stereocenters. The van der Waals surface area contributed by atoms with E-state index in [0.717, 1.165) is 41.2 Å². The molecular weight excluding hydrogens is 651 g/mol. The van der Waals surface area contributed by atoms with Crippen LogP contribution < -0.4 is 0 Å². The van der Waals surface area contributed by atoms with E-state index in [4.69, 9.17) is 0 Å². The van der Waals surface area contributed by atoms with E-state index in [1.807, 2.05) is 95.9 Å². The normalized spacial score (nSPS) is 14.4. The number of pyridine rings is 2. The van der Waals surface area contributed by atoms with E-state index in [1.165, 1.54) is 23.8 Å². The van der Waals surface area contributed by atoms with Gasteiger partial charge in [0.05, 0.1) is 5.69 Å². The van der Waals surface area contributed by atoms with Gasteiger partial charge < -0.3 is 9.80 Å². The Morgan fingerprint density at radius 3 is 2.02 bits per heavy atom. The van der Waals surface area contributed by atoms with Crippen molar-refractivity contribution in [3.8, 4) is 11.3 Å². The summed E-state index contributed by atoms with van der Waals surface area (Å²) in [6.45, 7) is 3.35. The van der Waals surface area contributed by atoms with Crippen LogP contribution in [0.2, 0.25) is 0 Å². The second-order valence-electron chi connectivity index (χ2n) is 12.5. The molecule has 10 heteroatoms. The highest BCUT2D eigenvalue weighted by Crippen LogP contribution is 2.27. The fourth-order valence-corrected chi connectivity index (χ4v) is 6.13. The maximum absolute atomic E-state index is 14.5. The summed E-state index contributed by atoms with van der Waals surface area (Å²) in [4.78, 5) is 42.3. The molecule has 3 aromatic carbocycles. The average Bonchev–Trinajstić information content (AvgIpc) is 3.16. The summed E-state index contributed by atoms with van der Waals surface area (Å²) in [6, 6.07) is 34.5. The predicted octanol–water partition coefficient (Wildman–Crippen LogP) is 7.16. The standard InChI is InChI=1S/C41H38F3N5O2/c42-41(43,44)38-20-16-32(28-46-38)17-21-39(50)49(30-34-14-18-35(19-15-34)36-13-7-8-22-45-36)37(27-31-9-3-1-4-10-31)40(51)48-25-23-47(24-26-48)29-33-11-5-2-6-12-33/h1-22,28,37H,23-27,29-30H2/t37-/m0/s1. The first-order valence-electron chi connectivity index (χ1n) is 16.8. The highest BCUT2D eigenvalue weighted by atomic mass is 19.4. The lowest BCUT2D eigenvalue weighted by Gasteiger charge is -2.39. The summed E-state index contributed by atoms with van der Waals surface area (Å²) in [7, 11) is 0. The third-order valence-corrected chi connectivity index (χ3v) is 8.91. The molecule has 0 spiro atoms. The summed E-state index contributed by atoms with van der Waals surface area (Å²) in [6.07, 6.45) is 1.25. The van der Waals surface area contributed by atoms with Crippen LogP contribution >= 0.6 is 0 Å². The number of halogens is 3. The fraction of sp³-hybridized carbons (Fsp3) is 0.220. The van der Waals surface area contributed by atoms with Crippen LogP contribution in [-0.2, 0) is 35.3 Å². The van der Waals surface area contributed by atoms with Crippen molar-refractivity contribution in [1.29, 1.82) is 0 Å². The number of piperazine rings is 1. The Bertz CT molecular complexity index is 1900. The predicted molar refractivity (Wildman–Crippen MR) is 191 cm³/mol. The van der Waals surface area contributed by atoms with Crippen molar-refractivity contribution in [3.05, 3.63) is 162 Å². The van der Waals surface area contributed by atoms with Crippen LogP contribution in [0, 0.1) is 0 Å². The van der Waals surface area contributed by atoms with Crippen LogP contribution in [0.1, 0.15) is 27.9 Å². The molecule has 2 aromatic heterocycles. The first kappa shape index (κ1) is 35.2. The summed E-state index contributed by atoms with van der Waals surface area (Å²) in [5.41, 5.74) is 3.96. The Morgan fingerprint density at radius 2 is 1.41 bits per heavy atom. The van der Waals surface area contributed by atoms with Gasteiger partial charge in [0.15, 0.2) is 0 Å². The number of hydrogen-bond acceptors (Lipinski definition) is 5. The smallest absolute Gasteiger partial charge is 0.338 e. The number of carbonyl (C=O) groups is 2. The van der Waals surface area contributed by atoms with Crippen molar-refractivity contribution < 1.29 is 22.8 Å². The Kier molecular flexibility index (Phi) is 11.3. The van der Waals surface area contributed by atoms with Crippen molar-refractivity contribution in [2.45, 2.75) is 31.7 Å². The van der Waals surface area contributed by atoms with Gasteiger partial charge in [0.1, 0.15) is 11.7 Å². The number of benzene rings is 3. The lowest BCUT2D eigenvalue weighted by molar-refractivity contribution is -0.145. The Hall–Kier alpha value is -5.61. The minimum Gasteiger partial charge on any atom is -0.338 e. The second kappa shape index (κ2) is 16.4. The highest BCUT2D eigenvalue weighted by Gasteiger charge is 2.34. The van der Waals surface area contributed by atoms with Crippen LogP contribution in [-0.4, -0.2) is 68.7 Å². The zero-order chi connectivity index (χ0) is 35.6. The van der Waals surface area contributed by atoms with Crippen LogP contribution in [0.3, 0.4) is 0 Å². The maximum Gasteiger partial charge on any atom is 0.433 e. The molecule has 0 bridgehead atoms. The molecule has 51 heavy (non-hydrogen) atoms. The van der Waals surface area contributed by atoms with Crippen molar-refractivity contribution in [3.63, 3.8) is 0 Å². The molecule has 1 saturated heterocycles. The van der Waals surface area contributed by atoms with Crippen LogP contribution in [0.4, 0.5) is 13.2 Å². The average molecular weight is 690 g/mol. The molecule has 0 radical (unpaired) electrons. The van der Waals surface area contributed by atoms with Gasteiger partial charge in [-0.25, -0.2) is 0 Å². The Balaban J connectivity index is 1.28. The van der Waals surface area contributed by atoms with Gasteiger partial charge in [-0.05, 0) is 46.5 Å². The number of carbonyl (C=O) groups excluding carboxylic acids is 2. The summed E-state index contributed by atoms with van der Waals surface area (Å²) >= 11 is 0. The molecule has 5 aromatic rings. The topological polar surface area (TPSA) is 69.6 Å². The minimum atomic E-state index is -4.57. The molecule has 0 aliphatic carbocycles. The molecule has 1 aliphatic rings. The number of hydrogen-bond donors (Lipinski definition) is 0. The lowest BCUT2D eigenvalue weighted by atomic mass is 10.0. The number of alkyl halides is 3. The molecule has 1 aliphatic heterocycles. The first-order valence-corrected chi connectivity index (χ1v) is 16.8. The van der Waals surface area contributed by atoms with Crippen LogP contribution in [0.25, 0.3) is 17.3 Å². The molecule has 6 rings (SSSR count). The molecule has 260 valence electrons. The fourth-order valence-electron chi connectivity index (χ4n) is 6.13. The van der Waals surface area contributed by atoms with Gasteiger partial charge in [-0.3, -0.25) is 24.5 Å². The van der Waals surface area contributed by atoms with Gasteiger partial charge in [0, 0.05) is 69.7 Å². The summed E-state index contributed by atoms with van der Waals surface area (Å²) in [5.74, 6) is -0.595. The summed E-state index contributed by atoms with van der Waals surface area (Å²) < 4.78 is 39.3. The van der Waals surface area contributed by atoms with Crippen molar-refractivity contribution in [1.82, 2.24) is 24.7 Å². The van der Waals surface area contributed by atoms with Gasteiger partial charge in [-0.1, -0.05) is 97.1 Å². The number of nitrogens with zero attached hydrogens (tertiary/aromatic N) is 5. The van der Waals surface area contributed by atoms with E-state index in [1.54, 1.807) is 11.1 Å². The Labute approximate surface area is 295 Å². The second-order valence-corrected chi connectivity index (χ2v) is 12.5. The quantitative estimate of drug-likeness (QED) is 0.138. The maximum atomic E-state index is 14.5. The first-order chi connectivity index (χ1) is 24.7. The third-order valence-electron chi connectivity index (χ3n) is 8.91. The monoisotopic (exact) mass is 689 g/mol. The zero-order valence-corrected chi connectivity index (χ0v) is 28.0. The van der Waals surface area contributed by atoms with Crippen molar-refractivity contribution in [2.75, 3.05) is 26.2 Å². The van der Waals surface area contributed by atoms with E-state index in [-0.39, 0.29) is 18.9 Å². The molecule has 0 N–H and O–H groups in total. The number of rotatable bonds is 11. The number of aromatic nitrogens is 2. The van der Waals surface area contributed by atoms with Crippen molar-refractivity contribution in [2.24, 2.45) is 0 Å². The van der Waals surface area contributed by atoms with E-state index in [9.17, 15) is 22.8 Å². The molecule has 1 fully saturated rings. The van der Waals surface area contributed by atoms with Gasteiger partial charge in [-0.2, -0.15) is 13.2 Å². The minimum absolute atomic E-state index is 0.133. The SMILES string of the molecule is O=C([C@H](Cc1ccccc1)N(Cc1ccc(-c2ccccn2)cc1)C(=O)C=Cc1ccc(C(F)(F)F)nc1)N1CCN(Cc2ccccc2)CC1. The summed E-state index contributed by atoms with van der Waals surface area (Å²) in [5, 5.41) is 0. The van der Waals surface area contributed by atoms with Gasteiger partial charge in [0.2, 0.25) is 11.8 Å². The lowest BCUT2D eigenvalue weighted by Crippen LogP contribution is -2.56. The largest absolute Gasteiger partial charge is 0.433 e. The third kappa shape index (κ3) is 9.55. The molecular formula is C41H38F3N5O2. The van der Waals surface area contributed by atoms with E-state index in [2.05, 4.69) is 27.0 Å².